The second-order valence-electron chi connectivity index (χ2n) is 4.97. The van der Waals surface area contributed by atoms with Crippen LogP contribution in [0.15, 0.2) is 48.5 Å². The van der Waals surface area contributed by atoms with Crippen LogP contribution in [0.3, 0.4) is 0 Å². The Labute approximate surface area is 118 Å². The summed E-state index contributed by atoms with van der Waals surface area (Å²) in [4.78, 5) is 10.5. The van der Waals surface area contributed by atoms with E-state index in [9.17, 15) is 9.90 Å². The van der Waals surface area contributed by atoms with Crippen molar-refractivity contribution in [2.75, 3.05) is 0 Å². The summed E-state index contributed by atoms with van der Waals surface area (Å²) >= 11 is 0. The molecule has 0 aliphatic heterocycles. The molecule has 0 aliphatic carbocycles. The van der Waals surface area contributed by atoms with Crippen LogP contribution in [-0.2, 0) is 11.2 Å². The predicted molar refractivity (Wildman–Crippen MR) is 78.6 cm³/mol. The van der Waals surface area contributed by atoms with Crippen molar-refractivity contribution in [3.8, 4) is 11.1 Å². The maximum Gasteiger partial charge on any atom is 0.305 e. The van der Waals surface area contributed by atoms with Gasteiger partial charge in [-0.3, -0.25) is 4.79 Å². The van der Waals surface area contributed by atoms with Crippen molar-refractivity contribution in [1.29, 1.82) is 0 Å². The number of benzene rings is 2. The molecule has 2 aromatic carbocycles. The second kappa shape index (κ2) is 6.35. The van der Waals surface area contributed by atoms with E-state index in [0.29, 0.717) is 6.42 Å². The van der Waals surface area contributed by atoms with E-state index < -0.39 is 12.1 Å². The zero-order chi connectivity index (χ0) is 14.5. The number of carbonyl (C=O) groups is 1. The van der Waals surface area contributed by atoms with Gasteiger partial charge in [-0.05, 0) is 35.6 Å². The van der Waals surface area contributed by atoms with Crippen molar-refractivity contribution < 1.29 is 15.0 Å². The summed E-state index contributed by atoms with van der Waals surface area (Å²) in [5.41, 5.74) is 4.46. The molecule has 0 bridgehead atoms. The van der Waals surface area contributed by atoms with Gasteiger partial charge in [0.1, 0.15) is 0 Å². The third kappa shape index (κ3) is 3.68. The fourth-order valence-electron chi connectivity index (χ4n) is 2.26. The van der Waals surface area contributed by atoms with Gasteiger partial charge in [-0.25, -0.2) is 0 Å². The highest BCUT2D eigenvalue weighted by Gasteiger charge is 2.10. The summed E-state index contributed by atoms with van der Waals surface area (Å²) in [5.74, 6) is -0.978. The number of aliphatic hydroxyl groups excluding tert-OH is 1. The topological polar surface area (TPSA) is 57.5 Å². The molecule has 104 valence electrons. The lowest BCUT2D eigenvalue weighted by Gasteiger charge is -2.10. The maximum absolute atomic E-state index is 10.5. The molecule has 0 aromatic heterocycles. The largest absolute Gasteiger partial charge is 0.481 e. The van der Waals surface area contributed by atoms with Crippen molar-refractivity contribution in [2.24, 2.45) is 0 Å². The van der Waals surface area contributed by atoms with Crippen LogP contribution in [-0.4, -0.2) is 22.3 Å². The van der Waals surface area contributed by atoms with Crippen molar-refractivity contribution in [1.82, 2.24) is 0 Å². The Bertz CT molecular complexity index is 587. The number of aryl methyl sites for hydroxylation is 1. The molecule has 0 saturated heterocycles. The number of carboxylic acids is 1. The van der Waals surface area contributed by atoms with E-state index in [4.69, 9.17) is 5.11 Å². The van der Waals surface area contributed by atoms with Crippen LogP contribution in [0.5, 0.6) is 0 Å². The molecule has 0 radical (unpaired) electrons. The zero-order valence-electron chi connectivity index (χ0n) is 11.4. The number of aliphatic carboxylic acids is 1. The SMILES string of the molecule is Cc1ccccc1-c1ccc(CC(O)CC(=O)O)cc1. The first-order chi connectivity index (χ1) is 9.56. The van der Waals surface area contributed by atoms with E-state index >= 15 is 0 Å². The van der Waals surface area contributed by atoms with Crippen LogP contribution in [0.4, 0.5) is 0 Å². The monoisotopic (exact) mass is 270 g/mol. The van der Waals surface area contributed by atoms with Crippen LogP contribution in [0.2, 0.25) is 0 Å². The van der Waals surface area contributed by atoms with Crippen LogP contribution in [0, 0.1) is 6.92 Å². The van der Waals surface area contributed by atoms with Crippen LogP contribution < -0.4 is 0 Å². The van der Waals surface area contributed by atoms with Gasteiger partial charge in [-0.2, -0.15) is 0 Å². The molecule has 3 nitrogen and oxygen atoms in total. The molecule has 0 fully saturated rings. The first kappa shape index (κ1) is 14.3. The Hall–Kier alpha value is -2.13. The van der Waals surface area contributed by atoms with Gasteiger partial charge in [0.2, 0.25) is 0 Å². The van der Waals surface area contributed by atoms with E-state index in [2.05, 4.69) is 19.1 Å². The standard InChI is InChI=1S/C17H18O3/c1-12-4-2-3-5-16(12)14-8-6-13(7-9-14)10-15(18)11-17(19)20/h2-9,15,18H,10-11H2,1H3,(H,19,20). The summed E-state index contributed by atoms with van der Waals surface area (Å²) in [5, 5.41) is 18.2. The molecular formula is C17H18O3. The number of carboxylic acid groups (broad SMARTS) is 1. The number of aliphatic hydroxyl groups is 1. The molecule has 3 heteroatoms. The van der Waals surface area contributed by atoms with Gasteiger partial charge < -0.3 is 10.2 Å². The minimum absolute atomic E-state index is 0.223. The first-order valence-electron chi connectivity index (χ1n) is 6.61. The summed E-state index contributed by atoms with van der Waals surface area (Å²) in [6.07, 6.45) is -0.697. The first-order valence-corrected chi connectivity index (χ1v) is 6.61. The molecule has 20 heavy (non-hydrogen) atoms. The molecule has 1 unspecified atom stereocenters. The Morgan fingerprint density at radius 1 is 1.10 bits per heavy atom. The fourth-order valence-corrected chi connectivity index (χ4v) is 2.26. The fraction of sp³-hybridized carbons (Fsp3) is 0.235. The number of rotatable bonds is 5. The molecule has 0 spiro atoms. The summed E-state index contributed by atoms with van der Waals surface area (Å²) < 4.78 is 0. The normalized spacial score (nSPS) is 12.1. The minimum atomic E-state index is -0.978. The third-order valence-electron chi connectivity index (χ3n) is 3.29. The lowest BCUT2D eigenvalue weighted by molar-refractivity contribution is -0.139. The zero-order valence-corrected chi connectivity index (χ0v) is 11.4. The van der Waals surface area contributed by atoms with Crippen LogP contribution in [0.1, 0.15) is 17.5 Å². The van der Waals surface area contributed by atoms with Crippen molar-refractivity contribution >= 4 is 5.97 Å². The van der Waals surface area contributed by atoms with Gasteiger partial charge in [0, 0.05) is 0 Å². The molecule has 0 heterocycles. The van der Waals surface area contributed by atoms with Gasteiger partial charge in [-0.15, -0.1) is 0 Å². The van der Waals surface area contributed by atoms with Gasteiger partial charge in [-0.1, -0.05) is 48.5 Å². The average Bonchev–Trinajstić information content (AvgIpc) is 2.39. The van der Waals surface area contributed by atoms with E-state index in [1.54, 1.807) is 0 Å². The molecule has 0 amide bonds. The van der Waals surface area contributed by atoms with E-state index in [1.165, 1.54) is 11.1 Å². The molecule has 1 atom stereocenters. The highest BCUT2D eigenvalue weighted by Crippen LogP contribution is 2.23. The smallest absolute Gasteiger partial charge is 0.305 e. The Balaban J connectivity index is 2.11. The van der Waals surface area contributed by atoms with Gasteiger partial charge in [0.15, 0.2) is 0 Å². The number of hydrogen-bond acceptors (Lipinski definition) is 2. The molecule has 2 aromatic rings. The van der Waals surface area contributed by atoms with Gasteiger partial charge >= 0.3 is 5.97 Å². The maximum atomic E-state index is 10.5. The summed E-state index contributed by atoms with van der Waals surface area (Å²) in [6, 6.07) is 16.0. The van der Waals surface area contributed by atoms with Crippen LogP contribution >= 0.6 is 0 Å². The Morgan fingerprint density at radius 3 is 2.35 bits per heavy atom. The summed E-state index contributed by atoms with van der Waals surface area (Å²) in [6.45, 7) is 2.07. The van der Waals surface area contributed by atoms with E-state index in [0.717, 1.165) is 11.1 Å². The number of hydrogen-bond donors (Lipinski definition) is 2. The van der Waals surface area contributed by atoms with Gasteiger partial charge in [0.05, 0.1) is 12.5 Å². The lowest BCUT2D eigenvalue weighted by Crippen LogP contribution is -2.15. The third-order valence-corrected chi connectivity index (χ3v) is 3.29. The van der Waals surface area contributed by atoms with Gasteiger partial charge in [0.25, 0.3) is 0 Å². The average molecular weight is 270 g/mol. The van der Waals surface area contributed by atoms with Crippen molar-refractivity contribution in [3.05, 3.63) is 59.7 Å². The van der Waals surface area contributed by atoms with Crippen molar-refractivity contribution in [3.63, 3.8) is 0 Å². The molecule has 2 N–H and O–H groups in total. The Morgan fingerprint density at radius 2 is 1.75 bits per heavy atom. The highest BCUT2D eigenvalue weighted by atomic mass is 16.4. The summed E-state index contributed by atoms with van der Waals surface area (Å²) in [7, 11) is 0. The predicted octanol–water partition coefficient (Wildman–Crippen LogP) is 3.04. The molecule has 0 aliphatic rings. The lowest BCUT2D eigenvalue weighted by atomic mass is 9.98. The van der Waals surface area contributed by atoms with E-state index in [1.807, 2.05) is 36.4 Å². The second-order valence-corrected chi connectivity index (χ2v) is 4.97. The van der Waals surface area contributed by atoms with Crippen molar-refractivity contribution in [2.45, 2.75) is 25.9 Å². The van der Waals surface area contributed by atoms with E-state index in [-0.39, 0.29) is 6.42 Å². The highest BCUT2D eigenvalue weighted by molar-refractivity contribution is 5.68. The van der Waals surface area contributed by atoms with Crippen LogP contribution in [0.25, 0.3) is 11.1 Å². The molecule has 0 saturated carbocycles. The molecular weight excluding hydrogens is 252 g/mol. The molecule has 2 rings (SSSR count). The Kier molecular flexibility index (Phi) is 4.53. The quantitative estimate of drug-likeness (QED) is 0.878. The minimum Gasteiger partial charge on any atom is -0.481 e.